The maximum atomic E-state index is 12.1. The van der Waals surface area contributed by atoms with Crippen molar-refractivity contribution in [1.29, 1.82) is 0 Å². The van der Waals surface area contributed by atoms with E-state index in [1.54, 1.807) is 18.2 Å². The predicted molar refractivity (Wildman–Crippen MR) is 64.1 cm³/mol. The maximum Gasteiger partial charge on any atom is 0.254 e. The van der Waals surface area contributed by atoms with Gasteiger partial charge in [-0.3, -0.25) is 4.79 Å². The summed E-state index contributed by atoms with van der Waals surface area (Å²) in [5.74, 6) is -0.216. The van der Waals surface area contributed by atoms with Crippen molar-refractivity contribution in [3.05, 3.63) is 34.3 Å². The lowest BCUT2D eigenvalue weighted by atomic mass is 10.1. The Bertz CT molecular complexity index is 419. The molecule has 1 aliphatic rings. The van der Waals surface area contributed by atoms with E-state index in [0.717, 1.165) is 5.56 Å². The van der Waals surface area contributed by atoms with Crippen LogP contribution >= 0.6 is 11.6 Å². The number of halogens is 1. The Morgan fingerprint density at radius 1 is 1.29 bits per heavy atom. The molecule has 17 heavy (non-hydrogen) atoms. The second-order valence-corrected chi connectivity index (χ2v) is 4.80. The monoisotopic (exact) mass is 255 g/mol. The average molecular weight is 256 g/mol. The molecule has 0 saturated carbocycles. The van der Waals surface area contributed by atoms with Crippen LogP contribution in [0.25, 0.3) is 0 Å². The molecule has 1 aromatic carbocycles. The van der Waals surface area contributed by atoms with Crippen molar-refractivity contribution < 1.29 is 15.0 Å². The number of aryl methyl sites for hydroxylation is 1. The van der Waals surface area contributed by atoms with Crippen molar-refractivity contribution in [3.63, 3.8) is 0 Å². The van der Waals surface area contributed by atoms with Crippen LogP contribution in [-0.4, -0.2) is 46.3 Å². The van der Waals surface area contributed by atoms with Crippen LogP contribution in [-0.2, 0) is 0 Å². The van der Waals surface area contributed by atoms with Gasteiger partial charge in [-0.2, -0.15) is 0 Å². The van der Waals surface area contributed by atoms with Crippen LogP contribution in [0.15, 0.2) is 18.2 Å². The van der Waals surface area contributed by atoms with Gasteiger partial charge in [0, 0.05) is 23.7 Å². The molecule has 4 nitrogen and oxygen atoms in total. The van der Waals surface area contributed by atoms with Crippen LogP contribution in [0.4, 0.5) is 0 Å². The van der Waals surface area contributed by atoms with Gasteiger partial charge in [-0.1, -0.05) is 11.6 Å². The molecule has 1 saturated heterocycles. The summed E-state index contributed by atoms with van der Waals surface area (Å²) >= 11 is 5.89. The van der Waals surface area contributed by atoms with Gasteiger partial charge in [0.15, 0.2) is 0 Å². The van der Waals surface area contributed by atoms with Gasteiger partial charge < -0.3 is 15.1 Å². The van der Waals surface area contributed by atoms with Crippen molar-refractivity contribution in [3.8, 4) is 0 Å². The number of carbonyl (C=O) groups excluding carboxylic acids is 1. The fraction of sp³-hybridized carbons (Fsp3) is 0.417. The van der Waals surface area contributed by atoms with E-state index in [-0.39, 0.29) is 19.0 Å². The molecule has 1 heterocycles. The number of β-amino-alcohol motifs (C(OH)–C–C–N with tert-alkyl or cyclic N) is 2. The average Bonchev–Trinajstić information content (AvgIpc) is 2.57. The third-order valence-corrected chi connectivity index (χ3v) is 3.05. The van der Waals surface area contributed by atoms with Crippen LogP contribution in [0.3, 0.4) is 0 Å². The van der Waals surface area contributed by atoms with Crippen LogP contribution in [0.2, 0.25) is 5.02 Å². The van der Waals surface area contributed by atoms with Crippen molar-refractivity contribution in [2.24, 2.45) is 0 Å². The molecule has 0 unspecified atom stereocenters. The first-order valence-electron chi connectivity index (χ1n) is 5.40. The van der Waals surface area contributed by atoms with Gasteiger partial charge in [0.1, 0.15) is 0 Å². The second-order valence-electron chi connectivity index (χ2n) is 4.36. The van der Waals surface area contributed by atoms with Gasteiger partial charge >= 0.3 is 0 Å². The minimum atomic E-state index is -0.862. The molecule has 1 aliphatic heterocycles. The third kappa shape index (κ3) is 2.60. The highest BCUT2D eigenvalue weighted by Crippen LogP contribution is 2.19. The molecule has 5 heteroatoms. The molecule has 0 spiro atoms. The fourth-order valence-electron chi connectivity index (χ4n) is 1.98. The number of likely N-dealkylation sites (tertiary alicyclic amines) is 1. The van der Waals surface area contributed by atoms with Gasteiger partial charge in [-0.25, -0.2) is 0 Å². The number of hydrogen-bond acceptors (Lipinski definition) is 3. The zero-order valence-corrected chi connectivity index (χ0v) is 10.2. The first kappa shape index (κ1) is 12.4. The number of benzene rings is 1. The Hall–Kier alpha value is -1.10. The topological polar surface area (TPSA) is 60.8 Å². The first-order valence-corrected chi connectivity index (χ1v) is 5.78. The number of rotatable bonds is 1. The molecule has 2 N–H and O–H groups in total. The fourth-order valence-corrected chi connectivity index (χ4v) is 2.27. The highest BCUT2D eigenvalue weighted by atomic mass is 35.5. The standard InChI is InChI=1S/C12H14ClNO3/c1-7-2-8(4-9(13)3-7)12(17)14-5-10(15)11(16)6-14/h2-4,10-11,15-16H,5-6H2,1H3/t10-,11+. The molecule has 1 fully saturated rings. The Balaban J connectivity index is 2.20. The molecule has 2 atom stereocenters. The van der Waals surface area contributed by atoms with E-state index in [0.29, 0.717) is 10.6 Å². The molecule has 1 aromatic rings. The molecule has 0 aromatic heterocycles. The molecule has 92 valence electrons. The summed E-state index contributed by atoms with van der Waals surface area (Å²) in [6.07, 6.45) is -1.72. The third-order valence-electron chi connectivity index (χ3n) is 2.84. The molecular weight excluding hydrogens is 242 g/mol. The highest BCUT2D eigenvalue weighted by Gasteiger charge is 2.32. The van der Waals surface area contributed by atoms with Gasteiger partial charge in [0.25, 0.3) is 5.91 Å². The normalized spacial score (nSPS) is 24.1. The lowest BCUT2D eigenvalue weighted by Gasteiger charge is -2.15. The largest absolute Gasteiger partial charge is 0.388 e. The zero-order valence-electron chi connectivity index (χ0n) is 9.43. The van der Waals surface area contributed by atoms with Gasteiger partial charge in [-0.05, 0) is 30.7 Å². The molecule has 0 aliphatic carbocycles. The van der Waals surface area contributed by atoms with Crippen LogP contribution < -0.4 is 0 Å². The minimum absolute atomic E-state index is 0.158. The number of aliphatic hydroxyl groups is 2. The molecule has 0 radical (unpaired) electrons. The van der Waals surface area contributed by atoms with E-state index in [1.165, 1.54) is 4.90 Å². The molecule has 1 amide bonds. The van der Waals surface area contributed by atoms with E-state index in [2.05, 4.69) is 0 Å². The number of amides is 1. The number of aliphatic hydroxyl groups excluding tert-OH is 2. The Labute approximate surface area is 104 Å². The van der Waals surface area contributed by atoms with E-state index in [1.807, 2.05) is 6.92 Å². The second kappa shape index (κ2) is 4.64. The van der Waals surface area contributed by atoms with Crippen molar-refractivity contribution in [2.75, 3.05) is 13.1 Å². The van der Waals surface area contributed by atoms with Crippen LogP contribution in [0, 0.1) is 6.92 Å². The molecular formula is C12H14ClNO3. The quantitative estimate of drug-likeness (QED) is 0.781. The van der Waals surface area contributed by atoms with Gasteiger partial charge in [0.05, 0.1) is 12.2 Å². The summed E-state index contributed by atoms with van der Waals surface area (Å²) in [6.45, 7) is 2.17. The van der Waals surface area contributed by atoms with Gasteiger partial charge in [0.2, 0.25) is 0 Å². The van der Waals surface area contributed by atoms with Gasteiger partial charge in [-0.15, -0.1) is 0 Å². The van der Waals surface area contributed by atoms with Crippen molar-refractivity contribution in [1.82, 2.24) is 4.90 Å². The van der Waals surface area contributed by atoms with Crippen molar-refractivity contribution in [2.45, 2.75) is 19.1 Å². The minimum Gasteiger partial charge on any atom is -0.388 e. The first-order chi connectivity index (χ1) is 7.97. The SMILES string of the molecule is Cc1cc(Cl)cc(C(=O)N2C[C@@H](O)[C@@H](O)C2)c1. The maximum absolute atomic E-state index is 12.1. The summed E-state index contributed by atoms with van der Waals surface area (Å²) in [5.41, 5.74) is 1.39. The van der Waals surface area contributed by atoms with Crippen LogP contribution in [0.1, 0.15) is 15.9 Å². The lowest BCUT2D eigenvalue weighted by molar-refractivity contribution is 0.0572. The zero-order chi connectivity index (χ0) is 12.6. The molecule has 0 bridgehead atoms. The number of carbonyl (C=O) groups is 1. The van der Waals surface area contributed by atoms with E-state index >= 15 is 0 Å². The highest BCUT2D eigenvalue weighted by molar-refractivity contribution is 6.31. The summed E-state index contributed by atoms with van der Waals surface area (Å²) in [4.78, 5) is 13.5. The van der Waals surface area contributed by atoms with E-state index in [4.69, 9.17) is 11.6 Å². The smallest absolute Gasteiger partial charge is 0.254 e. The Kier molecular flexibility index (Phi) is 3.38. The number of hydrogen-bond donors (Lipinski definition) is 2. The van der Waals surface area contributed by atoms with Crippen molar-refractivity contribution >= 4 is 17.5 Å². The summed E-state index contributed by atoms with van der Waals surface area (Å²) in [7, 11) is 0. The Morgan fingerprint density at radius 2 is 1.88 bits per heavy atom. The number of nitrogens with zero attached hydrogens (tertiary/aromatic N) is 1. The van der Waals surface area contributed by atoms with E-state index < -0.39 is 12.2 Å². The summed E-state index contributed by atoms with van der Waals surface area (Å²) in [5, 5.41) is 19.3. The van der Waals surface area contributed by atoms with Crippen LogP contribution in [0.5, 0.6) is 0 Å². The Morgan fingerprint density at radius 3 is 2.41 bits per heavy atom. The lowest BCUT2D eigenvalue weighted by Crippen LogP contribution is -2.29. The summed E-state index contributed by atoms with van der Waals surface area (Å²) < 4.78 is 0. The predicted octanol–water partition coefficient (Wildman–Crippen LogP) is 0.826. The van der Waals surface area contributed by atoms with E-state index in [9.17, 15) is 15.0 Å². The molecule has 2 rings (SSSR count). The summed E-state index contributed by atoms with van der Waals surface area (Å²) in [6, 6.07) is 5.10.